The molecule has 21 heavy (non-hydrogen) atoms. The normalized spacial score (nSPS) is 14.2. The summed E-state index contributed by atoms with van der Waals surface area (Å²) in [4.78, 5) is 14.4. The zero-order chi connectivity index (χ0) is 15.0. The summed E-state index contributed by atoms with van der Waals surface area (Å²) in [5.41, 5.74) is 9.85. The summed E-state index contributed by atoms with van der Waals surface area (Å²) >= 11 is 0. The predicted octanol–water partition coefficient (Wildman–Crippen LogP) is 2.84. The van der Waals surface area contributed by atoms with E-state index >= 15 is 0 Å². The maximum atomic E-state index is 12.7. The van der Waals surface area contributed by atoms with E-state index in [0.29, 0.717) is 23.8 Å². The van der Waals surface area contributed by atoms with E-state index in [-0.39, 0.29) is 5.91 Å². The van der Waals surface area contributed by atoms with Crippen molar-refractivity contribution in [1.29, 1.82) is 0 Å². The average Bonchev–Trinajstić information content (AvgIpc) is 3.23. The Morgan fingerprint density at radius 1 is 1.48 bits per heavy atom. The van der Waals surface area contributed by atoms with Gasteiger partial charge >= 0.3 is 0 Å². The summed E-state index contributed by atoms with van der Waals surface area (Å²) < 4.78 is 0. The van der Waals surface area contributed by atoms with Crippen molar-refractivity contribution in [1.82, 2.24) is 10.2 Å². The van der Waals surface area contributed by atoms with Gasteiger partial charge in [-0.2, -0.15) is 5.10 Å². The van der Waals surface area contributed by atoms with Gasteiger partial charge in [-0.3, -0.25) is 9.89 Å². The summed E-state index contributed by atoms with van der Waals surface area (Å²) in [5, 5.41) is 7.09. The fourth-order valence-corrected chi connectivity index (χ4v) is 2.58. The molecule has 0 bridgehead atoms. The van der Waals surface area contributed by atoms with E-state index in [1.165, 1.54) is 0 Å². The number of carbonyl (C=O) groups is 1. The summed E-state index contributed by atoms with van der Waals surface area (Å²) in [6.45, 7) is 4.54. The van der Waals surface area contributed by atoms with Gasteiger partial charge in [0.15, 0.2) is 5.69 Å². The van der Waals surface area contributed by atoms with E-state index in [4.69, 9.17) is 5.73 Å². The highest BCUT2D eigenvalue weighted by atomic mass is 16.2. The zero-order valence-corrected chi connectivity index (χ0v) is 12.4. The fraction of sp³-hybridized carbons (Fsp3) is 0.375. The Hall–Kier alpha value is -2.30. The van der Waals surface area contributed by atoms with Gasteiger partial charge in [-0.1, -0.05) is 12.1 Å². The minimum Gasteiger partial charge on any atom is -0.395 e. The van der Waals surface area contributed by atoms with Crippen LogP contribution in [0.15, 0.2) is 24.3 Å². The van der Waals surface area contributed by atoms with Gasteiger partial charge in [-0.05, 0) is 44.4 Å². The highest BCUT2D eigenvalue weighted by Crippen LogP contribution is 2.42. The van der Waals surface area contributed by atoms with Gasteiger partial charge in [0.25, 0.3) is 5.91 Å². The lowest BCUT2D eigenvalue weighted by Gasteiger charge is -2.20. The number of aromatic amines is 1. The summed E-state index contributed by atoms with van der Waals surface area (Å²) in [6, 6.07) is 7.88. The standard InChI is InChI=1S/C16H20N4O/c1-3-20(12-6-4-5-10(2)9-12)16(21)15-13(17)14(18-19-15)11-7-8-11/h4-6,9,11H,3,7-8,17H2,1-2H3,(H,18,19). The number of benzene rings is 1. The number of rotatable bonds is 4. The van der Waals surface area contributed by atoms with Crippen molar-refractivity contribution in [2.75, 3.05) is 17.2 Å². The number of carbonyl (C=O) groups excluding carboxylic acids is 1. The number of nitrogens with one attached hydrogen (secondary N) is 1. The number of H-pyrrole nitrogens is 1. The van der Waals surface area contributed by atoms with Crippen LogP contribution in [0.2, 0.25) is 0 Å². The first-order valence-electron chi connectivity index (χ1n) is 7.34. The second-order valence-electron chi connectivity index (χ2n) is 5.56. The summed E-state index contributed by atoms with van der Waals surface area (Å²) in [6.07, 6.45) is 2.24. The molecule has 0 spiro atoms. The first kappa shape index (κ1) is 13.7. The lowest BCUT2D eigenvalue weighted by Crippen LogP contribution is -2.31. The molecule has 5 nitrogen and oxygen atoms in total. The Balaban J connectivity index is 1.92. The zero-order valence-electron chi connectivity index (χ0n) is 12.4. The van der Waals surface area contributed by atoms with Crippen molar-refractivity contribution < 1.29 is 4.79 Å². The molecule has 0 saturated heterocycles. The molecule has 0 unspecified atom stereocenters. The SMILES string of the molecule is CCN(C(=O)c1n[nH]c(C2CC2)c1N)c1cccc(C)c1. The monoisotopic (exact) mass is 284 g/mol. The lowest BCUT2D eigenvalue weighted by atomic mass is 10.1. The van der Waals surface area contributed by atoms with Crippen molar-refractivity contribution >= 4 is 17.3 Å². The first-order chi connectivity index (χ1) is 10.1. The molecule has 1 fully saturated rings. The number of hydrogen-bond acceptors (Lipinski definition) is 3. The van der Waals surface area contributed by atoms with Crippen molar-refractivity contribution in [2.24, 2.45) is 0 Å². The van der Waals surface area contributed by atoms with E-state index in [1.54, 1.807) is 4.90 Å². The fourth-order valence-electron chi connectivity index (χ4n) is 2.58. The molecule has 1 aromatic carbocycles. The number of nitrogen functional groups attached to an aromatic ring is 1. The second kappa shape index (κ2) is 5.24. The van der Waals surface area contributed by atoms with Gasteiger partial charge in [0.05, 0.1) is 11.4 Å². The molecular formula is C16H20N4O. The lowest BCUT2D eigenvalue weighted by molar-refractivity contribution is 0.0984. The third-order valence-corrected chi connectivity index (χ3v) is 3.90. The van der Waals surface area contributed by atoms with Gasteiger partial charge in [0.1, 0.15) is 0 Å². The Morgan fingerprint density at radius 3 is 2.86 bits per heavy atom. The number of amides is 1. The topological polar surface area (TPSA) is 75.0 Å². The highest BCUT2D eigenvalue weighted by Gasteiger charge is 2.31. The van der Waals surface area contributed by atoms with Crippen LogP contribution in [0.4, 0.5) is 11.4 Å². The van der Waals surface area contributed by atoms with Gasteiger partial charge in [0, 0.05) is 18.2 Å². The minimum atomic E-state index is -0.149. The van der Waals surface area contributed by atoms with Crippen molar-refractivity contribution in [2.45, 2.75) is 32.6 Å². The van der Waals surface area contributed by atoms with Crippen LogP contribution in [-0.2, 0) is 0 Å². The number of nitrogens with zero attached hydrogens (tertiary/aromatic N) is 2. The molecule has 1 aliphatic rings. The third-order valence-electron chi connectivity index (χ3n) is 3.90. The van der Waals surface area contributed by atoms with Crippen molar-refractivity contribution in [3.63, 3.8) is 0 Å². The van der Waals surface area contributed by atoms with Crippen LogP contribution >= 0.6 is 0 Å². The number of nitrogens with two attached hydrogens (primary N) is 1. The van der Waals surface area contributed by atoms with Gasteiger partial charge in [-0.15, -0.1) is 0 Å². The largest absolute Gasteiger partial charge is 0.395 e. The highest BCUT2D eigenvalue weighted by molar-refractivity contribution is 6.08. The van der Waals surface area contributed by atoms with E-state index < -0.39 is 0 Å². The number of aromatic nitrogens is 2. The maximum Gasteiger partial charge on any atom is 0.280 e. The van der Waals surface area contributed by atoms with E-state index in [9.17, 15) is 4.79 Å². The third kappa shape index (κ3) is 2.51. The molecule has 2 aromatic rings. The molecule has 1 heterocycles. The van der Waals surface area contributed by atoms with Crippen LogP contribution in [0, 0.1) is 6.92 Å². The molecule has 1 saturated carbocycles. The molecule has 3 N–H and O–H groups in total. The molecular weight excluding hydrogens is 264 g/mol. The smallest absolute Gasteiger partial charge is 0.280 e. The van der Waals surface area contributed by atoms with Crippen LogP contribution < -0.4 is 10.6 Å². The molecule has 0 aliphatic heterocycles. The summed E-state index contributed by atoms with van der Waals surface area (Å²) in [7, 11) is 0. The van der Waals surface area contributed by atoms with Gasteiger partial charge in [0.2, 0.25) is 0 Å². The van der Waals surface area contributed by atoms with Crippen molar-refractivity contribution in [3.05, 3.63) is 41.2 Å². The number of hydrogen-bond donors (Lipinski definition) is 2. The van der Waals surface area contributed by atoms with Gasteiger partial charge in [-0.25, -0.2) is 0 Å². The molecule has 0 radical (unpaired) electrons. The Labute approximate surface area is 124 Å². The van der Waals surface area contributed by atoms with E-state index in [1.807, 2.05) is 38.1 Å². The Kier molecular flexibility index (Phi) is 3.41. The van der Waals surface area contributed by atoms with Gasteiger partial charge < -0.3 is 10.6 Å². The van der Waals surface area contributed by atoms with Crippen LogP contribution in [0.1, 0.15) is 47.4 Å². The van der Waals surface area contributed by atoms with E-state index in [0.717, 1.165) is 29.8 Å². The molecule has 1 amide bonds. The van der Waals surface area contributed by atoms with Crippen LogP contribution in [0.3, 0.4) is 0 Å². The molecule has 5 heteroatoms. The van der Waals surface area contributed by atoms with Crippen LogP contribution in [0.5, 0.6) is 0 Å². The minimum absolute atomic E-state index is 0.149. The van der Waals surface area contributed by atoms with E-state index in [2.05, 4.69) is 10.2 Å². The van der Waals surface area contributed by atoms with Crippen LogP contribution in [0.25, 0.3) is 0 Å². The molecule has 1 aliphatic carbocycles. The Bertz CT molecular complexity index is 673. The molecule has 3 rings (SSSR count). The average molecular weight is 284 g/mol. The summed E-state index contributed by atoms with van der Waals surface area (Å²) in [5.74, 6) is 0.303. The molecule has 0 atom stereocenters. The van der Waals surface area contributed by atoms with Crippen molar-refractivity contribution in [3.8, 4) is 0 Å². The quantitative estimate of drug-likeness (QED) is 0.906. The first-order valence-corrected chi connectivity index (χ1v) is 7.34. The van der Waals surface area contributed by atoms with Crippen LogP contribution in [-0.4, -0.2) is 22.6 Å². The number of anilines is 2. The molecule has 1 aromatic heterocycles. The number of aryl methyl sites for hydroxylation is 1. The molecule has 110 valence electrons. The predicted molar refractivity (Wildman–Crippen MR) is 83.5 cm³/mol. The Morgan fingerprint density at radius 2 is 2.24 bits per heavy atom. The second-order valence-corrected chi connectivity index (χ2v) is 5.56. The maximum absolute atomic E-state index is 12.7.